The van der Waals surface area contributed by atoms with Crippen molar-refractivity contribution in [1.29, 1.82) is 0 Å². The smallest absolute Gasteiger partial charge is 0.328 e. The van der Waals surface area contributed by atoms with Crippen LogP contribution in [0, 0.1) is 0 Å². The van der Waals surface area contributed by atoms with E-state index in [-0.39, 0.29) is 0 Å². The molecule has 2 N–H and O–H groups in total. The molecule has 1 rings (SSSR count). The summed E-state index contributed by atoms with van der Waals surface area (Å²) in [6.45, 7) is 3.24. The predicted molar refractivity (Wildman–Crippen MR) is 83.3 cm³/mol. The number of hydrogen-bond acceptors (Lipinski definition) is 4. The topological polar surface area (TPSA) is 58.6 Å². The average Bonchev–Trinajstić information content (AvgIpc) is 2.46. The zero-order chi connectivity index (χ0) is 14.8. The minimum Gasteiger partial charge on any atom is -0.480 e. The highest BCUT2D eigenvalue weighted by Gasteiger charge is 2.38. The number of methoxy groups -OCH3 is 1. The summed E-state index contributed by atoms with van der Waals surface area (Å²) >= 11 is 1.71. The van der Waals surface area contributed by atoms with Crippen molar-refractivity contribution in [2.45, 2.75) is 18.9 Å². The van der Waals surface area contributed by atoms with Gasteiger partial charge in [0.25, 0.3) is 0 Å². The van der Waals surface area contributed by atoms with Crippen LogP contribution in [0.3, 0.4) is 0 Å². The number of thioether (sulfide) groups is 1. The van der Waals surface area contributed by atoms with Crippen LogP contribution in [0.15, 0.2) is 30.3 Å². The van der Waals surface area contributed by atoms with E-state index in [2.05, 4.69) is 5.32 Å². The minimum absolute atomic E-state index is 0.550. The molecule has 0 fully saturated rings. The standard InChI is InChI=1S/C15H23NO3S/c1-3-16-15(14(17)18,9-11-20-12-10-19-2)13-7-5-4-6-8-13/h4-8,16H,3,9-12H2,1-2H3,(H,17,18). The van der Waals surface area contributed by atoms with Gasteiger partial charge in [0.05, 0.1) is 6.61 Å². The van der Waals surface area contributed by atoms with Crippen LogP contribution >= 0.6 is 11.8 Å². The first-order valence-electron chi connectivity index (χ1n) is 6.78. The molecule has 0 radical (unpaired) electrons. The third-order valence-electron chi connectivity index (χ3n) is 3.16. The summed E-state index contributed by atoms with van der Waals surface area (Å²) in [6.07, 6.45) is 0.550. The SMILES string of the molecule is CCNC(CCSCCOC)(C(=O)O)c1ccccc1. The van der Waals surface area contributed by atoms with Crippen molar-refractivity contribution in [3.8, 4) is 0 Å². The predicted octanol–water partition coefficient (Wildman–Crippen LogP) is 2.35. The Labute approximate surface area is 124 Å². The van der Waals surface area contributed by atoms with Crippen LogP contribution in [0.25, 0.3) is 0 Å². The van der Waals surface area contributed by atoms with Gasteiger partial charge in [-0.25, -0.2) is 4.79 Å². The van der Waals surface area contributed by atoms with Crippen molar-refractivity contribution in [1.82, 2.24) is 5.32 Å². The number of hydrogen-bond donors (Lipinski definition) is 2. The fraction of sp³-hybridized carbons (Fsp3) is 0.533. The molecule has 0 saturated carbocycles. The molecule has 1 aromatic carbocycles. The summed E-state index contributed by atoms with van der Waals surface area (Å²) in [5.74, 6) is 0.836. The van der Waals surface area contributed by atoms with Crippen molar-refractivity contribution >= 4 is 17.7 Å². The first-order chi connectivity index (χ1) is 9.67. The lowest BCUT2D eigenvalue weighted by molar-refractivity contribution is -0.145. The largest absolute Gasteiger partial charge is 0.480 e. The molecule has 0 aliphatic heterocycles. The van der Waals surface area contributed by atoms with E-state index in [1.54, 1.807) is 18.9 Å². The zero-order valence-electron chi connectivity index (χ0n) is 12.1. The Balaban J connectivity index is 2.81. The fourth-order valence-corrected chi connectivity index (χ4v) is 3.07. The molecule has 20 heavy (non-hydrogen) atoms. The van der Waals surface area contributed by atoms with Gasteiger partial charge in [-0.05, 0) is 24.3 Å². The van der Waals surface area contributed by atoms with Gasteiger partial charge in [-0.2, -0.15) is 11.8 Å². The maximum Gasteiger partial charge on any atom is 0.328 e. The molecular weight excluding hydrogens is 274 g/mol. The summed E-state index contributed by atoms with van der Waals surface area (Å²) in [5.41, 5.74) is -0.197. The number of rotatable bonds is 10. The lowest BCUT2D eigenvalue weighted by Crippen LogP contribution is -2.49. The quantitative estimate of drug-likeness (QED) is 0.649. The highest BCUT2D eigenvalue weighted by Crippen LogP contribution is 2.27. The minimum atomic E-state index is -1.00. The van der Waals surface area contributed by atoms with Gasteiger partial charge in [0.15, 0.2) is 0 Å². The average molecular weight is 297 g/mol. The van der Waals surface area contributed by atoms with Crippen molar-refractivity contribution in [3.05, 3.63) is 35.9 Å². The van der Waals surface area contributed by atoms with Crippen LogP contribution in [0.5, 0.6) is 0 Å². The van der Waals surface area contributed by atoms with Gasteiger partial charge in [-0.15, -0.1) is 0 Å². The van der Waals surface area contributed by atoms with E-state index in [0.29, 0.717) is 19.6 Å². The summed E-state index contributed by atoms with van der Waals surface area (Å²) in [4.78, 5) is 11.8. The number of carboxylic acids is 1. The summed E-state index contributed by atoms with van der Waals surface area (Å²) in [6, 6.07) is 9.40. The maximum atomic E-state index is 11.8. The Morgan fingerprint density at radius 2 is 2.05 bits per heavy atom. The van der Waals surface area contributed by atoms with Gasteiger partial charge in [0.1, 0.15) is 5.54 Å². The van der Waals surface area contributed by atoms with Gasteiger partial charge >= 0.3 is 5.97 Å². The molecule has 5 heteroatoms. The first-order valence-corrected chi connectivity index (χ1v) is 7.93. The van der Waals surface area contributed by atoms with E-state index in [4.69, 9.17) is 4.74 Å². The van der Waals surface area contributed by atoms with Crippen molar-refractivity contribution < 1.29 is 14.6 Å². The summed E-state index contributed by atoms with van der Waals surface area (Å²) in [7, 11) is 1.67. The van der Waals surface area contributed by atoms with Crippen molar-refractivity contribution in [2.24, 2.45) is 0 Å². The van der Waals surface area contributed by atoms with Crippen LogP contribution in [-0.4, -0.2) is 42.8 Å². The molecule has 1 aromatic rings. The lowest BCUT2D eigenvalue weighted by Gasteiger charge is -2.31. The van der Waals surface area contributed by atoms with Crippen LogP contribution in [0.2, 0.25) is 0 Å². The first kappa shape index (κ1) is 17.0. The van der Waals surface area contributed by atoms with Crippen LogP contribution < -0.4 is 5.32 Å². The van der Waals surface area contributed by atoms with Gasteiger partial charge in [-0.1, -0.05) is 37.3 Å². The van der Waals surface area contributed by atoms with Crippen LogP contribution in [-0.2, 0) is 15.1 Å². The number of ether oxygens (including phenoxy) is 1. The van der Waals surface area contributed by atoms with Crippen molar-refractivity contribution in [3.63, 3.8) is 0 Å². The number of nitrogens with one attached hydrogen (secondary N) is 1. The number of aliphatic carboxylic acids is 1. The van der Waals surface area contributed by atoms with Crippen molar-refractivity contribution in [2.75, 3.05) is 31.8 Å². The Kier molecular flexibility index (Phi) is 7.65. The van der Waals surface area contributed by atoms with E-state index in [1.165, 1.54) is 0 Å². The lowest BCUT2D eigenvalue weighted by atomic mass is 9.87. The Hall–Kier alpha value is -1.04. The van der Waals surface area contributed by atoms with E-state index >= 15 is 0 Å². The molecule has 0 saturated heterocycles. The molecule has 0 aromatic heterocycles. The molecule has 0 aliphatic carbocycles. The number of benzene rings is 1. The third-order valence-corrected chi connectivity index (χ3v) is 4.11. The molecule has 0 heterocycles. The molecule has 112 valence electrons. The maximum absolute atomic E-state index is 11.8. The Morgan fingerprint density at radius 3 is 2.60 bits per heavy atom. The summed E-state index contributed by atoms with van der Waals surface area (Å²) < 4.78 is 5.00. The molecule has 0 spiro atoms. The Morgan fingerprint density at radius 1 is 1.35 bits per heavy atom. The van der Waals surface area contributed by atoms with Gasteiger partial charge < -0.3 is 9.84 Å². The highest BCUT2D eigenvalue weighted by molar-refractivity contribution is 7.99. The second kappa shape index (κ2) is 9.00. The molecule has 1 unspecified atom stereocenters. The van der Waals surface area contributed by atoms with Gasteiger partial charge in [0.2, 0.25) is 0 Å². The zero-order valence-corrected chi connectivity index (χ0v) is 12.9. The molecular formula is C15H23NO3S. The van der Waals surface area contributed by atoms with Gasteiger partial charge in [-0.3, -0.25) is 5.32 Å². The highest BCUT2D eigenvalue weighted by atomic mass is 32.2. The number of likely N-dealkylation sites (N-methyl/N-ethyl adjacent to an activating group) is 1. The molecule has 4 nitrogen and oxygen atoms in total. The second-order valence-corrected chi connectivity index (χ2v) is 5.69. The fourth-order valence-electron chi connectivity index (χ4n) is 2.13. The van der Waals surface area contributed by atoms with E-state index in [0.717, 1.165) is 17.1 Å². The second-order valence-electron chi connectivity index (χ2n) is 4.46. The van der Waals surface area contributed by atoms with E-state index < -0.39 is 11.5 Å². The molecule has 1 atom stereocenters. The summed E-state index contributed by atoms with van der Waals surface area (Å²) in [5, 5.41) is 12.9. The molecule has 0 aliphatic rings. The van der Waals surface area contributed by atoms with E-state index in [9.17, 15) is 9.90 Å². The van der Waals surface area contributed by atoms with E-state index in [1.807, 2.05) is 37.3 Å². The number of carbonyl (C=O) groups is 1. The monoisotopic (exact) mass is 297 g/mol. The normalized spacial score (nSPS) is 13.9. The molecule has 0 bridgehead atoms. The van der Waals surface area contributed by atoms with Crippen LogP contribution in [0.4, 0.5) is 0 Å². The van der Waals surface area contributed by atoms with Crippen LogP contribution in [0.1, 0.15) is 18.9 Å². The Bertz CT molecular complexity index is 399. The number of carboxylic acid groups (broad SMARTS) is 1. The third kappa shape index (κ3) is 4.51. The molecule has 0 amide bonds. The van der Waals surface area contributed by atoms with Gasteiger partial charge in [0, 0.05) is 12.9 Å².